The number of carbonyl (C=O) groups is 1. The largest absolute Gasteiger partial charge is 0.273 e. The molecular weight excluding hydrogens is 364 g/mol. The summed E-state index contributed by atoms with van der Waals surface area (Å²) < 4.78 is 52.5. The van der Waals surface area contributed by atoms with Crippen LogP contribution in [-0.2, 0) is 24.8 Å². The van der Waals surface area contributed by atoms with Gasteiger partial charge in [-0.3, -0.25) is 4.79 Å². The summed E-state index contributed by atoms with van der Waals surface area (Å²) in [5.41, 5.74) is 0.628. The third-order valence-corrected chi connectivity index (χ3v) is 8.42. The number of hydrogen-bond donors (Lipinski definition) is 0. The molecule has 0 aliphatic carbocycles. The molecule has 0 spiro atoms. The predicted molar refractivity (Wildman–Crippen MR) is 94.2 cm³/mol. The summed E-state index contributed by atoms with van der Waals surface area (Å²) >= 11 is 0. The maximum Gasteiger partial charge on any atom is 0.243 e. The fourth-order valence-electron chi connectivity index (χ4n) is 3.37. The van der Waals surface area contributed by atoms with Gasteiger partial charge in [-0.2, -0.15) is 4.31 Å². The molecule has 1 atom stereocenters. The van der Waals surface area contributed by atoms with Crippen molar-refractivity contribution in [3.63, 3.8) is 0 Å². The Morgan fingerprint density at radius 3 is 2.56 bits per heavy atom. The van der Waals surface area contributed by atoms with Crippen molar-refractivity contribution in [1.29, 1.82) is 0 Å². The van der Waals surface area contributed by atoms with Gasteiger partial charge in [0.15, 0.2) is 0 Å². The van der Waals surface area contributed by atoms with Crippen LogP contribution in [0.2, 0.25) is 0 Å². The van der Waals surface area contributed by atoms with E-state index in [1.165, 1.54) is 16.4 Å². The number of benzene rings is 1. The van der Waals surface area contributed by atoms with E-state index in [2.05, 4.69) is 0 Å². The smallest absolute Gasteiger partial charge is 0.243 e. The summed E-state index contributed by atoms with van der Waals surface area (Å²) in [7, 11) is -7.45. The minimum atomic E-state index is -3.73. The fourth-order valence-corrected chi connectivity index (χ4v) is 6.66. The molecule has 7 nitrogen and oxygen atoms in total. The highest BCUT2D eigenvalue weighted by Crippen LogP contribution is 2.31. The van der Waals surface area contributed by atoms with Crippen molar-refractivity contribution >= 4 is 31.6 Å². The van der Waals surface area contributed by atoms with Crippen molar-refractivity contribution in [2.45, 2.75) is 38.0 Å². The number of nitrogens with zero attached hydrogens (tertiary/aromatic N) is 2. The second kappa shape index (κ2) is 6.37. The minimum Gasteiger partial charge on any atom is -0.273 e. The molecular formula is C16H22N2O5S2. The molecule has 0 aromatic heterocycles. The molecule has 0 radical (unpaired) electrons. The molecule has 0 saturated carbocycles. The molecule has 9 heteroatoms. The van der Waals surface area contributed by atoms with E-state index in [0.717, 1.165) is 17.1 Å². The third-order valence-electron chi connectivity index (χ3n) is 4.72. The predicted octanol–water partition coefficient (Wildman–Crippen LogP) is 1.48. The first-order valence-electron chi connectivity index (χ1n) is 8.29. The molecule has 1 amide bonds. The topological polar surface area (TPSA) is 91.8 Å². The van der Waals surface area contributed by atoms with E-state index in [4.69, 9.17) is 0 Å². The number of hydrogen-bond acceptors (Lipinski definition) is 5. The monoisotopic (exact) mass is 386 g/mol. The first kappa shape index (κ1) is 18.3. The van der Waals surface area contributed by atoms with Crippen LogP contribution in [0.3, 0.4) is 0 Å². The highest BCUT2D eigenvalue weighted by atomic mass is 32.2. The Morgan fingerprint density at radius 2 is 1.96 bits per heavy atom. The Bertz CT molecular complexity index is 908. The lowest BCUT2D eigenvalue weighted by molar-refractivity contribution is -0.116. The molecule has 0 unspecified atom stereocenters. The number of carbonyl (C=O) groups excluding carboxylic acids is 1. The maximum atomic E-state index is 13.0. The van der Waals surface area contributed by atoms with Crippen molar-refractivity contribution in [3.8, 4) is 0 Å². The summed E-state index contributed by atoms with van der Waals surface area (Å²) in [6.45, 7) is 4.59. The van der Waals surface area contributed by atoms with Gasteiger partial charge in [0.2, 0.25) is 26.0 Å². The van der Waals surface area contributed by atoms with E-state index in [1.54, 1.807) is 13.0 Å². The van der Waals surface area contributed by atoms with Crippen LogP contribution in [0.5, 0.6) is 0 Å². The minimum absolute atomic E-state index is 0.0639. The molecule has 2 saturated heterocycles. The molecule has 3 rings (SSSR count). The Hall–Kier alpha value is -1.45. The van der Waals surface area contributed by atoms with Crippen molar-refractivity contribution < 1.29 is 21.6 Å². The number of amides is 1. The van der Waals surface area contributed by atoms with Gasteiger partial charge in [-0.1, -0.05) is 13.0 Å². The quantitative estimate of drug-likeness (QED) is 0.785. The summed E-state index contributed by atoms with van der Waals surface area (Å²) in [6, 6.07) is 4.34. The van der Waals surface area contributed by atoms with Gasteiger partial charge in [0.05, 0.1) is 16.3 Å². The van der Waals surface area contributed by atoms with E-state index in [0.29, 0.717) is 18.7 Å². The van der Waals surface area contributed by atoms with Crippen molar-refractivity contribution in [2.24, 2.45) is 5.92 Å². The molecule has 0 bridgehead atoms. The van der Waals surface area contributed by atoms with Crippen LogP contribution in [-0.4, -0.2) is 45.9 Å². The lowest BCUT2D eigenvalue weighted by Gasteiger charge is -2.30. The number of aryl methyl sites for hydroxylation is 1. The van der Waals surface area contributed by atoms with E-state index in [9.17, 15) is 21.6 Å². The Labute approximate surface area is 148 Å². The highest BCUT2D eigenvalue weighted by Gasteiger charge is 2.37. The standard InChI is InChI=1S/C16H22N2O5S2/c1-12-4-3-8-17(11-12)25(22,23)15-10-14(6-5-13(15)2)18-16(19)7-9-24(18,20)21/h5-6,10,12H,3-4,7-9,11H2,1-2H3/t12-/m1/s1. The summed E-state index contributed by atoms with van der Waals surface area (Å²) in [5.74, 6) is -0.489. The number of anilines is 1. The molecule has 0 N–H and O–H groups in total. The van der Waals surface area contributed by atoms with E-state index < -0.39 is 26.0 Å². The van der Waals surface area contributed by atoms with Crippen molar-refractivity contribution in [1.82, 2.24) is 4.31 Å². The molecule has 1 aromatic carbocycles. The van der Waals surface area contributed by atoms with Crippen LogP contribution in [0.4, 0.5) is 5.69 Å². The van der Waals surface area contributed by atoms with Gasteiger partial charge in [-0.15, -0.1) is 0 Å². The van der Waals surface area contributed by atoms with Crippen LogP contribution in [0, 0.1) is 12.8 Å². The second-order valence-electron chi connectivity index (χ2n) is 6.78. The van der Waals surface area contributed by atoms with Crippen LogP contribution in [0.25, 0.3) is 0 Å². The third kappa shape index (κ3) is 3.32. The first-order valence-corrected chi connectivity index (χ1v) is 11.3. The summed E-state index contributed by atoms with van der Waals surface area (Å²) in [5, 5.41) is 0. The molecule has 25 heavy (non-hydrogen) atoms. The van der Waals surface area contributed by atoms with Crippen molar-refractivity contribution in [2.75, 3.05) is 23.1 Å². The molecule has 1 aromatic rings. The number of rotatable bonds is 3. The zero-order valence-corrected chi connectivity index (χ0v) is 15.9. The zero-order chi connectivity index (χ0) is 18.4. The van der Waals surface area contributed by atoms with Crippen LogP contribution in [0.15, 0.2) is 23.1 Å². The maximum absolute atomic E-state index is 13.0. The van der Waals surface area contributed by atoms with E-state index >= 15 is 0 Å². The lowest BCUT2D eigenvalue weighted by Crippen LogP contribution is -2.39. The molecule has 2 aliphatic heterocycles. The average Bonchev–Trinajstić information content (AvgIpc) is 2.81. The van der Waals surface area contributed by atoms with Crippen molar-refractivity contribution in [3.05, 3.63) is 23.8 Å². The summed E-state index contributed by atoms with van der Waals surface area (Å²) in [4.78, 5) is 12.0. The Kier molecular flexibility index (Phi) is 4.67. The fraction of sp³-hybridized carbons (Fsp3) is 0.562. The normalized spacial score (nSPS) is 24.6. The van der Waals surface area contributed by atoms with Crippen LogP contribution >= 0.6 is 0 Å². The zero-order valence-electron chi connectivity index (χ0n) is 14.3. The number of piperidine rings is 1. The molecule has 2 aliphatic rings. The van der Waals surface area contributed by atoms with Gasteiger partial charge in [0.1, 0.15) is 0 Å². The molecule has 2 heterocycles. The van der Waals surface area contributed by atoms with Crippen LogP contribution in [0.1, 0.15) is 31.7 Å². The summed E-state index contributed by atoms with van der Waals surface area (Å²) in [6.07, 6.45) is 1.71. The second-order valence-corrected chi connectivity index (χ2v) is 10.6. The molecule has 2 fully saturated rings. The average molecular weight is 386 g/mol. The Balaban J connectivity index is 2.04. The van der Waals surface area contributed by atoms with Gasteiger partial charge in [0, 0.05) is 19.5 Å². The lowest BCUT2D eigenvalue weighted by atomic mass is 10.0. The van der Waals surface area contributed by atoms with Crippen LogP contribution < -0.4 is 4.31 Å². The van der Waals surface area contributed by atoms with Gasteiger partial charge >= 0.3 is 0 Å². The first-order chi connectivity index (χ1) is 11.6. The van der Waals surface area contributed by atoms with Gasteiger partial charge in [-0.25, -0.2) is 21.1 Å². The van der Waals surface area contributed by atoms with Gasteiger partial charge in [0.25, 0.3) is 0 Å². The SMILES string of the molecule is Cc1ccc(N2C(=O)CCS2(=O)=O)cc1S(=O)(=O)N1CCC[C@@H](C)C1. The van der Waals surface area contributed by atoms with Gasteiger partial charge < -0.3 is 0 Å². The van der Waals surface area contributed by atoms with E-state index in [-0.39, 0.29) is 28.7 Å². The number of sulfonamides is 2. The molecule has 138 valence electrons. The van der Waals surface area contributed by atoms with Gasteiger partial charge in [-0.05, 0) is 43.4 Å². The van der Waals surface area contributed by atoms with E-state index in [1.807, 2.05) is 6.92 Å². The Morgan fingerprint density at radius 1 is 1.24 bits per heavy atom. The highest BCUT2D eigenvalue weighted by molar-refractivity contribution is 7.94.